The van der Waals surface area contributed by atoms with Crippen LogP contribution < -0.4 is 4.90 Å². The second kappa shape index (κ2) is 10.0. The van der Waals surface area contributed by atoms with Gasteiger partial charge in [-0.15, -0.1) is 10.2 Å². The van der Waals surface area contributed by atoms with Crippen molar-refractivity contribution in [2.45, 2.75) is 12.8 Å². The van der Waals surface area contributed by atoms with Crippen LogP contribution in [0.1, 0.15) is 18.4 Å². The summed E-state index contributed by atoms with van der Waals surface area (Å²) in [6, 6.07) is 14.0. The summed E-state index contributed by atoms with van der Waals surface area (Å²) in [5.41, 5.74) is 1.22. The molecule has 0 atom stereocenters. The molecule has 1 aromatic heterocycles. The van der Waals surface area contributed by atoms with Gasteiger partial charge in [0.2, 0.25) is 5.91 Å². The summed E-state index contributed by atoms with van der Waals surface area (Å²) < 4.78 is 0. The van der Waals surface area contributed by atoms with Crippen LogP contribution in [-0.4, -0.2) is 71.7 Å². The Hall–Kier alpha value is -2.44. The predicted molar refractivity (Wildman–Crippen MR) is 120 cm³/mol. The number of aromatic nitrogens is 2. The van der Waals surface area contributed by atoms with Gasteiger partial charge in [0.05, 0.1) is 0 Å². The number of halogens is 1. The molecule has 4 rings (SSSR count). The molecule has 158 valence electrons. The van der Waals surface area contributed by atoms with Crippen LogP contribution in [0, 0.1) is 5.92 Å². The van der Waals surface area contributed by atoms with Crippen LogP contribution in [0.4, 0.5) is 5.82 Å². The first-order chi connectivity index (χ1) is 14.7. The molecule has 7 heteroatoms. The fourth-order valence-electron chi connectivity index (χ4n) is 4.14. The topological polar surface area (TPSA) is 52.6 Å². The van der Waals surface area contributed by atoms with Gasteiger partial charge in [-0.3, -0.25) is 9.69 Å². The van der Waals surface area contributed by atoms with E-state index in [1.165, 1.54) is 5.56 Å². The fourth-order valence-corrected chi connectivity index (χ4v) is 4.24. The van der Waals surface area contributed by atoms with E-state index in [9.17, 15) is 4.79 Å². The molecule has 2 aromatic rings. The number of amides is 1. The van der Waals surface area contributed by atoms with E-state index < -0.39 is 0 Å². The summed E-state index contributed by atoms with van der Waals surface area (Å²) in [5.74, 6) is 1.27. The zero-order valence-electron chi connectivity index (χ0n) is 17.2. The quantitative estimate of drug-likeness (QED) is 0.736. The molecule has 0 bridgehead atoms. The number of piperazine rings is 1. The van der Waals surface area contributed by atoms with Crippen molar-refractivity contribution in [3.05, 3.63) is 59.3 Å². The van der Waals surface area contributed by atoms with Gasteiger partial charge >= 0.3 is 0 Å². The Balaban J connectivity index is 1.20. The lowest BCUT2D eigenvalue weighted by Gasteiger charge is -2.38. The van der Waals surface area contributed by atoms with Crippen molar-refractivity contribution in [1.29, 1.82) is 0 Å². The Labute approximate surface area is 183 Å². The van der Waals surface area contributed by atoms with Crippen molar-refractivity contribution in [2.75, 3.05) is 50.7 Å². The molecule has 0 radical (unpaired) electrons. The molecule has 2 aliphatic rings. The summed E-state index contributed by atoms with van der Waals surface area (Å²) in [7, 11) is 0. The van der Waals surface area contributed by atoms with E-state index in [0.717, 1.165) is 64.5 Å². The number of nitrogens with zero attached hydrogens (tertiary/aromatic N) is 5. The predicted octanol–water partition coefficient (Wildman–Crippen LogP) is 3.20. The average molecular weight is 426 g/mol. The highest BCUT2D eigenvalue weighted by Crippen LogP contribution is 2.24. The molecule has 1 aromatic carbocycles. The van der Waals surface area contributed by atoms with Crippen LogP contribution in [0.25, 0.3) is 6.08 Å². The zero-order chi connectivity index (χ0) is 20.8. The molecule has 30 heavy (non-hydrogen) atoms. The summed E-state index contributed by atoms with van der Waals surface area (Å²) in [6.07, 6.45) is 6.10. The lowest BCUT2D eigenvalue weighted by atomic mass is 9.95. The maximum Gasteiger partial charge on any atom is 0.225 e. The Morgan fingerprint density at radius 2 is 1.70 bits per heavy atom. The lowest BCUT2D eigenvalue weighted by Crippen LogP contribution is -2.51. The molecule has 0 unspecified atom stereocenters. The van der Waals surface area contributed by atoms with E-state index in [0.29, 0.717) is 11.1 Å². The van der Waals surface area contributed by atoms with Gasteiger partial charge in [0.15, 0.2) is 11.0 Å². The Kier molecular flexibility index (Phi) is 6.97. The molecule has 3 heterocycles. The molecule has 2 aliphatic heterocycles. The second-order valence-corrected chi connectivity index (χ2v) is 8.30. The molecule has 1 amide bonds. The Morgan fingerprint density at radius 3 is 2.37 bits per heavy atom. The third-order valence-electron chi connectivity index (χ3n) is 5.94. The van der Waals surface area contributed by atoms with Crippen LogP contribution in [0.5, 0.6) is 0 Å². The third kappa shape index (κ3) is 5.37. The van der Waals surface area contributed by atoms with Crippen molar-refractivity contribution in [1.82, 2.24) is 20.0 Å². The molecule has 2 saturated heterocycles. The largest absolute Gasteiger partial charge is 0.355 e. The summed E-state index contributed by atoms with van der Waals surface area (Å²) in [4.78, 5) is 19.6. The van der Waals surface area contributed by atoms with E-state index in [1.807, 2.05) is 12.1 Å². The van der Waals surface area contributed by atoms with Crippen molar-refractivity contribution in [3.63, 3.8) is 0 Å². The SMILES string of the molecule is O=C(C1CCN(c2ccc(Cl)nn2)CC1)N1CCN(C/C=C/c2ccccc2)CC1. The number of hydrogen-bond acceptors (Lipinski definition) is 5. The molecule has 6 nitrogen and oxygen atoms in total. The highest BCUT2D eigenvalue weighted by molar-refractivity contribution is 6.29. The first kappa shape index (κ1) is 20.8. The average Bonchev–Trinajstić information content (AvgIpc) is 2.80. The monoisotopic (exact) mass is 425 g/mol. The molecular weight excluding hydrogens is 398 g/mol. The van der Waals surface area contributed by atoms with Gasteiger partial charge in [-0.05, 0) is 30.5 Å². The van der Waals surface area contributed by atoms with Crippen molar-refractivity contribution in [2.24, 2.45) is 5.92 Å². The molecule has 0 N–H and O–H groups in total. The van der Waals surface area contributed by atoms with E-state index in [-0.39, 0.29) is 5.92 Å². The highest BCUT2D eigenvalue weighted by atomic mass is 35.5. The Bertz CT molecular complexity index is 842. The highest BCUT2D eigenvalue weighted by Gasteiger charge is 2.30. The normalized spacial score (nSPS) is 18.8. The molecule has 2 fully saturated rings. The molecule has 0 aliphatic carbocycles. The standard InChI is InChI=1S/C23H28ClN5O/c24-21-8-9-22(26-25-21)28-13-10-20(11-14-28)23(30)29-17-15-27(16-18-29)12-4-7-19-5-2-1-3-6-19/h1-9,20H,10-18H2/b7-4+. The van der Waals surface area contributed by atoms with E-state index in [4.69, 9.17) is 11.6 Å². The van der Waals surface area contributed by atoms with Gasteiger partial charge in [-0.25, -0.2) is 0 Å². The summed E-state index contributed by atoms with van der Waals surface area (Å²) in [5, 5.41) is 8.47. The first-order valence-electron chi connectivity index (χ1n) is 10.7. The van der Waals surface area contributed by atoms with Gasteiger partial charge in [0.25, 0.3) is 0 Å². The number of carbonyl (C=O) groups excluding carboxylic acids is 1. The van der Waals surface area contributed by atoms with Crippen LogP contribution >= 0.6 is 11.6 Å². The van der Waals surface area contributed by atoms with Gasteiger partial charge < -0.3 is 9.80 Å². The minimum Gasteiger partial charge on any atom is -0.355 e. The Morgan fingerprint density at radius 1 is 0.967 bits per heavy atom. The third-order valence-corrected chi connectivity index (χ3v) is 6.15. The van der Waals surface area contributed by atoms with Crippen molar-refractivity contribution in [3.8, 4) is 0 Å². The van der Waals surface area contributed by atoms with E-state index in [1.54, 1.807) is 6.07 Å². The van der Waals surface area contributed by atoms with Crippen molar-refractivity contribution < 1.29 is 4.79 Å². The summed E-state index contributed by atoms with van der Waals surface area (Å²) >= 11 is 5.82. The zero-order valence-corrected chi connectivity index (χ0v) is 17.9. The van der Waals surface area contributed by atoms with Gasteiger partial charge in [-0.1, -0.05) is 54.1 Å². The smallest absolute Gasteiger partial charge is 0.225 e. The van der Waals surface area contributed by atoms with Crippen LogP contribution in [0.3, 0.4) is 0 Å². The minimum absolute atomic E-state index is 0.117. The summed E-state index contributed by atoms with van der Waals surface area (Å²) in [6.45, 7) is 6.10. The lowest BCUT2D eigenvalue weighted by molar-refractivity contribution is -0.137. The first-order valence-corrected chi connectivity index (χ1v) is 11.0. The van der Waals surface area contributed by atoms with Gasteiger partial charge in [0.1, 0.15) is 0 Å². The van der Waals surface area contributed by atoms with E-state index in [2.05, 4.69) is 61.3 Å². The van der Waals surface area contributed by atoms with Gasteiger partial charge in [0, 0.05) is 51.7 Å². The maximum atomic E-state index is 13.0. The molecule has 0 saturated carbocycles. The van der Waals surface area contributed by atoms with Crippen LogP contribution in [0.2, 0.25) is 5.15 Å². The van der Waals surface area contributed by atoms with Crippen LogP contribution in [0.15, 0.2) is 48.5 Å². The maximum absolute atomic E-state index is 13.0. The number of carbonyl (C=O) groups is 1. The van der Waals surface area contributed by atoms with E-state index >= 15 is 0 Å². The minimum atomic E-state index is 0.117. The molecular formula is C23H28ClN5O. The number of benzene rings is 1. The van der Waals surface area contributed by atoms with Crippen molar-refractivity contribution >= 4 is 29.4 Å². The fraction of sp³-hybridized carbons (Fsp3) is 0.435. The van der Waals surface area contributed by atoms with Crippen LogP contribution in [-0.2, 0) is 4.79 Å². The number of rotatable bonds is 5. The number of hydrogen-bond donors (Lipinski definition) is 0. The second-order valence-electron chi connectivity index (χ2n) is 7.91. The molecule has 0 spiro atoms. The number of piperidine rings is 1. The van der Waals surface area contributed by atoms with Gasteiger partial charge in [-0.2, -0.15) is 0 Å². The number of anilines is 1.